The van der Waals surface area contributed by atoms with Crippen LogP contribution in [0, 0.1) is 22.0 Å². The van der Waals surface area contributed by atoms with Crippen molar-refractivity contribution in [3.05, 3.63) is 28.5 Å². The number of para-hydroxylation sites is 1. The van der Waals surface area contributed by atoms with Gasteiger partial charge < -0.3 is 14.3 Å². The number of fused-ring (bicyclic) bond motifs is 1. The quantitative estimate of drug-likeness (QED) is 0.856. The smallest absolute Gasteiger partial charge is 0.178 e. The Kier molecular flexibility index (Phi) is 3.13. The lowest BCUT2D eigenvalue weighted by Gasteiger charge is -2.15. The van der Waals surface area contributed by atoms with Crippen molar-refractivity contribution in [3.63, 3.8) is 0 Å². The predicted octanol–water partition coefficient (Wildman–Crippen LogP) is 3.00. The molecule has 0 bridgehead atoms. The van der Waals surface area contributed by atoms with Crippen molar-refractivity contribution < 1.29 is 4.74 Å². The molecule has 2 atom stereocenters. The van der Waals surface area contributed by atoms with Crippen molar-refractivity contribution in [1.29, 1.82) is 5.26 Å². The number of H-pyrrole nitrogens is 1. The highest BCUT2D eigenvalue weighted by molar-refractivity contribution is 7.71. The number of imidazole rings is 1. The minimum atomic E-state index is 0.269. The molecule has 1 aromatic carbocycles. The van der Waals surface area contributed by atoms with Crippen molar-refractivity contribution in [1.82, 2.24) is 9.55 Å². The van der Waals surface area contributed by atoms with Gasteiger partial charge in [0.25, 0.3) is 0 Å². The van der Waals surface area contributed by atoms with E-state index in [-0.39, 0.29) is 6.10 Å². The molecule has 1 fully saturated rings. The molecular formula is C14H15N3OS. The Morgan fingerprint density at radius 3 is 3.11 bits per heavy atom. The summed E-state index contributed by atoms with van der Waals surface area (Å²) in [6, 6.07) is 7.90. The van der Waals surface area contributed by atoms with Crippen LogP contribution in [-0.4, -0.2) is 22.3 Å². The number of ether oxygens (including phenoxy) is 1. The molecule has 1 aliphatic rings. The summed E-state index contributed by atoms with van der Waals surface area (Å²) in [6.07, 6.45) is 1.33. The molecule has 1 saturated heterocycles. The lowest BCUT2D eigenvalue weighted by Crippen LogP contribution is -2.17. The molecule has 0 spiro atoms. The zero-order chi connectivity index (χ0) is 13.4. The van der Waals surface area contributed by atoms with Gasteiger partial charge in [-0.2, -0.15) is 5.26 Å². The molecule has 19 heavy (non-hydrogen) atoms. The summed E-state index contributed by atoms with van der Waals surface area (Å²) in [6.45, 7) is 3.77. The molecular weight excluding hydrogens is 258 g/mol. The van der Waals surface area contributed by atoms with Crippen LogP contribution in [0.3, 0.4) is 0 Å². The van der Waals surface area contributed by atoms with E-state index in [1.165, 1.54) is 0 Å². The normalized spacial score (nSPS) is 22.7. The summed E-state index contributed by atoms with van der Waals surface area (Å²) >= 11 is 5.39. The first-order valence-electron chi connectivity index (χ1n) is 6.44. The number of benzene rings is 1. The van der Waals surface area contributed by atoms with Crippen LogP contribution in [0.5, 0.6) is 0 Å². The molecule has 2 heterocycles. The van der Waals surface area contributed by atoms with Gasteiger partial charge >= 0.3 is 0 Å². The fourth-order valence-electron chi connectivity index (χ4n) is 2.71. The van der Waals surface area contributed by atoms with E-state index < -0.39 is 0 Å². The number of nitrogens with zero attached hydrogens (tertiary/aromatic N) is 2. The Morgan fingerprint density at radius 2 is 2.42 bits per heavy atom. The lowest BCUT2D eigenvalue weighted by atomic mass is 10.0. The van der Waals surface area contributed by atoms with Crippen molar-refractivity contribution in [2.24, 2.45) is 5.92 Å². The Balaban J connectivity index is 2.07. The highest BCUT2D eigenvalue weighted by atomic mass is 32.1. The molecule has 5 heteroatoms. The maximum Gasteiger partial charge on any atom is 0.178 e. The number of nitriles is 1. The lowest BCUT2D eigenvalue weighted by molar-refractivity contribution is 0.102. The first-order valence-corrected chi connectivity index (χ1v) is 6.84. The second kappa shape index (κ2) is 4.80. The second-order valence-electron chi connectivity index (χ2n) is 4.98. The van der Waals surface area contributed by atoms with Crippen molar-refractivity contribution in [3.8, 4) is 6.07 Å². The van der Waals surface area contributed by atoms with Crippen LogP contribution >= 0.6 is 12.2 Å². The molecule has 98 valence electrons. The van der Waals surface area contributed by atoms with Gasteiger partial charge in [0.05, 0.1) is 22.7 Å². The topological polar surface area (TPSA) is 53.7 Å². The molecule has 1 aromatic heterocycles. The van der Waals surface area contributed by atoms with Gasteiger partial charge in [0.2, 0.25) is 0 Å². The van der Waals surface area contributed by atoms with E-state index in [4.69, 9.17) is 22.2 Å². The van der Waals surface area contributed by atoms with Gasteiger partial charge in [-0.3, -0.25) is 0 Å². The summed E-state index contributed by atoms with van der Waals surface area (Å²) in [7, 11) is 0. The first-order chi connectivity index (χ1) is 9.20. The summed E-state index contributed by atoms with van der Waals surface area (Å²) in [4.78, 5) is 3.15. The van der Waals surface area contributed by atoms with E-state index in [2.05, 4.69) is 22.5 Å². The largest absolute Gasteiger partial charge is 0.378 e. The monoisotopic (exact) mass is 273 g/mol. The van der Waals surface area contributed by atoms with Gasteiger partial charge in [-0.15, -0.1) is 0 Å². The summed E-state index contributed by atoms with van der Waals surface area (Å²) in [5, 5.41) is 9.13. The van der Waals surface area contributed by atoms with Gasteiger partial charge in [0, 0.05) is 19.1 Å². The van der Waals surface area contributed by atoms with E-state index in [0.717, 1.165) is 30.6 Å². The van der Waals surface area contributed by atoms with Crippen LogP contribution in [0.4, 0.5) is 0 Å². The van der Waals surface area contributed by atoms with Crippen LogP contribution in [0.1, 0.15) is 18.9 Å². The predicted molar refractivity (Wildman–Crippen MR) is 75.4 cm³/mol. The third-order valence-corrected chi connectivity index (χ3v) is 4.20. The fraction of sp³-hybridized carbons (Fsp3) is 0.429. The molecule has 1 N–H and O–H groups in total. The molecule has 0 radical (unpaired) electrons. The first kappa shape index (κ1) is 12.4. The van der Waals surface area contributed by atoms with Crippen LogP contribution in [0.2, 0.25) is 0 Å². The zero-order valence-electron chi connectivity index (χ0n) is 10.7. The second-order valence-corrected chi connectivity index (χ2v) is 5.36. The Morgan fingerprint density at radius 1 is 1.58 bits per heavy atom. The maximum atomic E-state index is 9.13. The molecule has 0 amide bonds. The molecule has 2 aromatic rings. The van der Waals surface area contributed by atoms with Gasteiger partial charge in [-0.25, -0.2) is 0 Å². The average molecular weight is 273 g/mol. The van der Waals surface area contributed by atoms with Crippen LogP contribution in [0.25, 0.3) is 11.0 Å². The van der Waals surface area contributed by atoms with Gasteiger partial charge in [0.15, 0.2) is 4.77 Å². The number of hydrogen-bond acceptors (Lipinski definition) is 3. The van der Waals surface area contributed by atoms with E-state index in [1.807, 2.05) is 12.1 Å². The third-order valence-electron chi connectivity index (χ3n) is 3.88. The number of aromatic nitrogens is 2. The molecule has 4 nitrogen and oxygen atoms in total. The highest BCUT2D eigenvalue weighted by Gasteiger charge is 2.25. The van der Waals surface area contributed by atoms with E-state index in [1.54, 1.807) is 6.07 Å². The molecule has 0 saturated carbocycles. The highest BCUT2D eigenvalue weighted by Crippen LogP contribution is 2.25. The number of hydrogen-bond donors (Lipinski definition) is 1. The SMILES string of the molecule is CC1OCCC1Cn1c(=S)[nH]c2c(C#N)cccc21. The number of nitrogens with one attached hydrogen (secondary N) is 1. The van der Waals surface area contributed by atoms with Gasteiger partial charge in [0.1, 0.15) is 6.07 Å². The third kappa shape index (κ3) is 2.07. The minimum Gasteiger partial charge on any atom is -0.378 e. The molecule has 0 aliphatic carbocycles. The van der Waals surface area contributed by atoms with Crippen LogP contribution < -0.4 is 0 Å². The van der Waals surface area contributed by atoms with E-state index >= 15 is 0 Å². The zero-order valence-corrected chi connectivity index (χ0v) is 11.5. The molecule has 3 rings (SSSR count). The van der Waals surface area contributed by atoms with Gasteiger partial charge in [-0.05, 0) is 37.7 Å². The van der Waals surface area contributed by atoms with E-state index in [0.29, 0.717) is 16.3 Å². The van der Waals surface area contributed by atoms with Crippen molar-refractivity contribution in [2.75, 3.05) is 6.61 Å². The molecule has 2 unspecified atom stereocenters. The van der Waals surface area contributed by atoms with Crippen molar-refractivity contribution >= 4 is 23.3 Å². The Labute approximate surface area is 116 Å². The Bertz CT molecular complexity index is 710. The standard InChI is InChI=1S/C14H15N3OS/c1-9-11(5-6-18-9)8-17-12-4-2-3-10(7-15)13(12)16-14(17)19/h2-4,9,11H,5-6,8H2,1H3,(H,16,19). The molecule has 1 aliphatic heterocycles. The van der Waals surface area contributed by atoms with Crippen molar-refractivity contribution in [2.45, 2.75) is 26.0 Å². The van der Waals surface area contributed by atoms with E-state index in [9.17, 15) is 0 Å². The Hall–Kier alpha value is -1.64. The van der Waals surface area contributed by atoms with Crippen LogP contribution in [0.15, 0.2) is 18.2 Å². The minimum absolute atomic E-state index is 0.269. The summed E-state index contributed by atoms with van der Waals surface area (Å²) in [5.74, 6) is 0.483. The summed E-state index contributed by atoms with van der Waals surface area (Å²) in [5.41, 5.74) is 2.47. The maximum absolute atomic E-state index is 9.13. The fourth-order valence-corrected chi connectivity index (χ4v) is 2.98. The van der Waals surface area contributed by atoms with Crippen LogP contribution in [-0.2, 0) is 11.3 Å². The average Bonchev–Trinajstić information content (AvgIpc) is 2.95. The van der Waals surface area contributed by atoms with Gasteiger partial charge in [-0.1, -0.05) is 6.07 Å². The number of aromatic amines is 1. The number of rotatable bonds is 2. The summed E-state index contributed by atoms with van der Waals surface area (Å²) < 4.78 is 8.36.